The molecule has 60 valence electrons. The maximum atomic E-state index is 9.31. The van der Waals surface area contributed by atoms with E-state index >= 15 is 0 Å². The van der Waals surface area contributed by atoms with Crippen molar-refractivity contribution in [2.75, 3.05) is 13.7 Å². The number of ether oxygens (including phenoxy) is 1. The van der Waals surface area contributed by atoms with E-state index in [1.165, 1.54) is 12.8 Å². The topological polar surface area (TPSA) is 29.5 Å². The summed E-state index contributed by atoms with van der Waals surface area (Å²) in [5.41, 5.74) is 0. The van der Waals surface area contributed by atoms with E-state index in [9.17, 15) is 5.11 Å². The molecule has 0 bridgehead atoms. The highest BCUT2D eigenvalue weighted by molar-refractivity contribution is 4.76. The van der Waals surface area contributed by atoms with Crippen LogP contribution < -0.4 is 0 Å². The van der Waals surface area contributed by atoms with Crippen LogP contribution in [0.15, 0.2) is 0 Å². The molecule has 0 heterocycles. The Morgan fingerprint density at radius 1 is 1.60 bits per heavy atom. The molecule has 2 heteroatoms. The summed E-state index contributed by atoms with van der Waals surface area (Å²) in [5, 5.41) is 9.31. The SMILES string of the molecule is COCCC(O)CC1CC1. The monoisotopic (exact) mass is 144 g/mol. The highest BCUT2D eigenvalue weighted by Gasteiger charge is 2.23. The van der Waals surface area contributed by atoms with Crippen LogP contribution >= 0.6 is 0 Å². The third kappa shape index (κ3) is 3.18. The minimum atomic E-state index is -0.118. The molecule has 0 amide bonds. The summed E-state index contributed by atoms with van der Waals surface area (Å²) >= 11 is 0. The van der Waals surface area contributed by atoms with Crippen molar-refractivity contribution in [2.24, 2.45) is 5.92 Å². The number of aliphatic hydroxyl groups excluding tert-OH is 1. The molecule has 0 aromatic heterocycles. The van der Waals surface area contributed by atoms with E-state index in [0.29, 0.717) is 6.61 Å². The van der Waals surface area contributed by atoms with Crippen LogP contribution in [-0.4, -0.2) is 24.9 Å². The molecule has 0 radical (unpaired) electrons. The Morgan fingerprint density at radius 2 is 2.30 bits per heavy atom. The van der Waals surface area contributed by atoms with Gasteiger partial charge < -0.3 is 9.84 Å². The van der Waals surface area contributed by atoms with Gasteiger partial charge in [0.05, 0.1) is 6.10 Å². The fraction of sp³-hybridized carbons (Fsp3) is 1.00. The molecule has 1 aliphatic rings. The molecule has 0 aliphatic heterocycles. The number of hydrogen-bond donors (Lipinski definition) is 1. The molecule has 1 N–H and O–H groups in total. The lowest BCUT2D eigenvalue weighted by Crippen LogP contribution is -2.10. The molecule has 0 aromatic rings. The highest BCUT2D eigenvalue weighted by atomic mass is 16.5. The van der Waals surface area contributed by atoms with Crippen molar-refractivity contribution < 1.29 is 9.84 Å². The molecule has 0 spiro atoms. The molecule has 1 unspecified atom stereocenters. The normalized spacial score (nSPS) is 21.0. The van der Waals surface area contributed by atoms with Crippen molar-refractivity contribution in [1.29, 1.82) is 0 Å². The van der Waals surface area contributed by atoms with Crippen LogP contribution in [-0.2, 0) is 4.74 Å². The quantitative estimate of drug-likeness (QED) is 0.628. The second-order valence-corrected chi connectivity index (χ2v) is 3.11. The van der Waals surface area contributed by atoms with E-state index in [4.69, 9.17) is 4.74 Å². The maximum absolute atomic E-state index is 9.31. The second kappa shape index (κ2) is 3.94. The summed E-state index contributed by atoms with van der Waals surface area (Å²) in [6, 6.07) is 0. The van der Waals surface area contributed by atoms with E-state index in [0.717, 1.165) is 18.8 Å². The van der Waals surface area contributed by atoms with Gasteiger partial charge in [-0.1, -0.05) is 12.8 Å². The van der Waals surface area contributed by atoms with Gasteiger partial charge in [0, 0.05) is 13.7 Å². The van der Waals surface area contributed by atoms with E-state index < -0.39 is 0 Å². The summed E-state index contributed by atoms with van der Waals surface area (Å²) < 4.78 is 4.85. The van der Waals surface area contributed by atoms with Crippen molar-refractivity contribution in [3.05, 3.63) is 0 Å². The van der Waals surface area contributed by atoms with Crippen LogP contribution in [0, 0.1) is 5.92 Å². The van der Waals surface area contributed by atoms with Crippen LogP contribution in [0.1, 0.15) is 25.7 Å². The maximum Gasteiger partial charge on any atom is 0.0564 e. The molecule has 1 fully saturated rings. The summed E-state index contributed by atoms with van der Waals surface area (Å²) in [6.07, 6.45) is 4.32. The van der Waals surface area contributed by atoms with Crippen LogP contribution in [0.5, 0.6) is 0 Å². The van der Waals surface area contributed by atoms with Gasteiger partial charge in [-0.15, -0.1) is 0 Å². The second-order valence-electron chi connectivity index (χ2n) is 3.11. The van der Waals surface area contributed by atoms with Gasteiger partial charge in [0.1, 0.15) is 0 Å². The lowest BCUT2D eigenvalue weighted by atomic mass is 10.1. The minimum absolute atomic E-state index is 0.118. The van der Waals surface area contributed by atoms with Crippen LogP contribution in [0.3, 0.4) is 0 Å². The number of rotatable bonds is 5. The van der Waals surface area contributed by atoms with E-state index in [1.807, 2.05) is 0 Å². The van der Waals surface area contributed by atoms with Gasteiger partial charge in [-0.25, -0.2) is 0 Å². The molecular weight excluding hydrogens is 128 g/mol. The molecule has 1 atom stereocenters. The predicted octanol–water partition coefficient (Wildman–Crippen LogP) is 1.18. The zero-order chi connectivity index (χ0) is 7.40. The van der Waals surface area contributed by atoms with E-state index in [2.05, 4.69) is 0 Å². The van der Waals surface area contributed by atoms with Gasteiger partial charge in [-0.05, 0) is 18.8 Å². The number of aliphatic hydroxyl groups is 1. The minimum Gasteiger partial charge on any atom is -0.393 e. The molecule has 10 heavy (non-hydrogen) atoms. The van der Waals surface area contributed by atoms with Crippen molar-refractivity contribution in [1.82, 2.24) is 0 Å². The summed E-state index contributed by atoms with van der Waals surface area (Å²) in [5.74, 6) is 0.826. The van der Waals surface area contributed by atoms with E-state index in [-0.39, 0.29) is 6.10 Å². The molecule has 1 saturated carbocycles. The molecule has 0 saturated heterocycles. The van der Waals surface area contributed by atoms with Crippen molar-refractivity contribution in [2.45, 2.75) is 31.8 Å². The summed E-state index contributed by atoms with van der Waals surface area (Å²) in [6.45, 7) is 0.688. The molecule has 1 rings (SSSR count). The summed E-state index contributed by atoms with van der Waals surface area (Å²) in [4.78, 5) is 0. The van der Waals surface area contributed by atoms with Gasteiger partial charge in [0.25, 0.3) is 0 Å². The zero-order valence-electron chi connectivity index (χ0n) is 6.55. The fourth-order valence-electron chi connectivity index (χ4n) is 1.11. The van der Waals surface area contributed by atoms with Gasteiger partial charge in [-0.3, -0.25) is 0 Å². The molecular formula is C8H16O2. The Bertz CT molecular complexity index is 89.3. The van der Waals surface area contributed by atoms with Gasteiger partial charge in [0.15, 0.2) is 0 Å². The Hall–Kier alpha value is -0.0800. The fourth-order valence-corrected chi connectivity index (χ4v) is 1.11. The molecule has 2 nitrogen and oxygen atoms in total. The summed E-state index contributed by atoms with van der Waals surface area (Å²) in [7, 11) is 1.67. The van der Waals surface area contributed by atoms with Gasteiger partial charge in [-0.2, -0.15) is 0 Å². The third-order valence-electron chi connectivity index (χ3n) is 1.96. The third-order valence-corrected chi connectivity index (χ3v) is 1.96. The Kier molecular flexibility index (Phi) is 3.16. The van der Waals surface area contributed by atoms with Crippen molar-refractivity contribution in [3.8, 4) is 0 Å². The smallest absolute Gasteiger partial charge is 0.0564 e. The zero-order valence-corrected chi connectivity index (χ0v) is 6.55. The lowest BCUT2D eigenvalue weighted by Gasteiger charge is -2.07. The Balaban J connectivity index is 1.91. The van der Waals surface area contributed by atoms with Crippen LogP contribution in [0.25, 0.3) is 0 Å². The largest absolute Gasteiger partial charge is 0.393 e. The van der Waals surface area contributed by atoms with Crippen molar-refractivity contribution >= 4 is 0 Å². The first kappa shape index (κ1) is 8.02. The van der Waals surface area contributed by atoms with Crippen LogP contribution in [0.2, 0.25) is 0 Å². The molecule has 1 aliphatic carbocycles. The number of hydrogen-bond acceptors (Lipinski definition) is 2. The lowest BCUT2D eigenvalue weighted by molar-refractivity contribution is 0.100. The highest BCUT2D eigenvalue weighted by Crippen LogP contribution is 2.33. The average molecular weight is 144 g/mol. The molecule has 0 aromatic carbocycles. The van der Waals surface area contributed by atoms with Gasteiger partial charge >= 0.3 is 0 Å². The first-order chi connectivity index (χ1) is 4.83. The number of methoxy groups -OCH3 is 1. The average Bonchev–Trinajstić information content (AvgIpc) is 2.67. The van der Waals surface area contributed by atoms with Crippen LogP contribution in [0.4, 0.5) is 0 Å². The predicted molar refractivity (Wildman–Crippen MR) is 39.8 cm³/mol. The first-order valence-corrected chi connectivity index (χ1v) is 4.00. The Labute approximate surface area is 62.2 Å². The van der Waals surface area contributed by atoms with Gasteiger partial charge in [0.2, 0.25) is 0 Å². The first-order valence-electron chi connectivity index (χ1n) is 4.00. The standard InChI is InChI=1S/C8H16O2/c1-10-5-4-8(9)6-7-2-3-7/h7-9H,2-6H2,1H3. The Morgan fingerprint density at radius 3 is 2.80 bits per heavy atom. The van der Waals surface area contributed by atoms with E-state index in [1.54, 1.807) is 7.11 Å². The van der Waals surface area contributed by atoms with Crippen molar-refractivity contribution in [3.63, 3.8) is 0 Å².